The molecule has 0 saturated heterocycles. The molecule has 5 nitrogen and oxygen atoms in total. The van der Waals surface area contributed by atoms with Crippen molar-refractivity contribution in [3.05, 3.63) is 35.8 Å². The van der Waals surface area contributed by atoms with Gasteiger partial charge in [0.25, 0.3) is 0 Å². The minimum absolute atomic E-state index is 0.0837. The lowest BCUT2D eigenvalue weighted by Crippen LogP contribution is -2.11. The Morgan fingerprint density at radius 3 is 2.57 bits per heavy atom. The summed E-state index contributed by atoms with van der Waals surface area (Å²) >= 11 is 0. The van der Waals surface area contributed by atoms with E-state index >= 15 is 0 Å². The van der Waals surface area contributed by atoms with Crippen LogP contribution in [0.4, 0.5) is 4.39 Å². The van der Waals surface area contributed by atoms with Crippen LogP contribution < -0.4 is 0 Å². The maximum atomic E-state index is 13.1. The van der Waals surface area contributed by atoms with Gasteiger partial charge in [0.2, 0.25) is 0 Å². The van der Waals surface area contributed by atoms with Gasteiger partial charge in [-0.05, 0) is 43.0 Å². The van der Waals surface area contributed by atoms with Crippen LogP contribution in [0.2, 0.25) is 0 Å². The van der Waals surface area contributed by atoms with Crippen LogP contribution in [0.1, 0.15) is 36.2 Å². The summed E-state index contributed by atoms with van der Waals surface area (Å²) in [4.78, 5) is 11.3. The Labute approximate surface area is 121 Å². The van der Waals surface area contributed by atoms with E-state index < -0.39 is 5.97 Å². The summed E-state index contributed by atoms with van der Waals surface area (Å²) in [6, 6.07) is 5.75. The number of rotatable bonds is 4. The second-order valence-electron chi connectivity index (χ2n) is 5.43. The van der Waals surface area contributed by atoms with E-state index in [2.05, 4.69) is 10.3 Å². The molecule has 0 bridgehead atoms. The number of carboxylic acids is 1. The van der Waals surface area contributed by atoms with Gasteiger partial charge in [-0.2, -0.15) is 0 Å². The molecule has 1 aliphatic rings. The zero-order valence-corrected chi connectivity index (χ0v) is 11.5. The molecule has 1 aliphatic carbocycles. The third-order valence-corrected chi connectivity index (χ3v) is 3.96. The number of halogens is 1. The standard InChI is InChI=1S/C15H16FN3O2/c16-12-7-5-11(6-8-12)14-13(15(20)21)17-18-19(14)9-10-3-1-2-4-10/h5-8,10H,1-4,9H2,(H,20,21). The van der Waals surface area contributed by atoms with Gasteiger partial charge in [-0.15, -0.1) is 5.10 Å². The van der Waals surface area contributed by atoms with E-state index in [1.165, 1.54) is 25.0 Å². The summed E-state index contributed by atoms with van der Waals surface area (Å²) < 4.78 is 14.7. The van der Waals surface area contributed by atoms with Gasteiger partial charge < -0.3 is 5.11 Å². The monoisotopic (exact) mass is 289 g/mol. The fourth-order valence-electron chi connectivity index (χ4n) is 2.92. The SMILES string of the molecule is O=C(O)c1nnn(CC2CCCC2)c1-c1ccc(F)cc1. The lowest BCUT2D eigenvalue weighted by Gasteiger charge is -2.12. The highest BCUT2D eigenvalue weighted by atomic mass is 19.1. The summed E-state index contributed by atoms with van der Waals surface area (Å²) in [5.41, 5.74) is 0.991. The molecule has 0 atom stereocenters. The fraction of sp³-hybridized carbons (Fsp3) is 0.400. The molecule has 0 amide bonds. The van der Waals surface area contributed by atoms with Gasteiger partial charge >= 0.3 is 5.97 Å². The van der Waals surface area contributed by atoms with Crippen molar-refractivity contribution in [3.8, 4) is 11.3 Å². The molecule has 0 radical (unpaired) electrons. The van der Waals surface area contributed by atoms with Crippen LogP contribution in [0.5, 0.6) is 0 Å². The molecular weight excluding hydrogens is 273 g/mol. The Morgan fingerprint density at radius 2 is 1.95 bits per heavy atom. The van der Waals surface area contributed by atoms with Gasteiger partial charge in [-0.3, -0.25) is 0 Å². The van der Waals surface area contributed by atoms with Crippen molar-refractivity contribution in [2.75, 3.05) is 0 Å². The van der Waals surface area contributed by atoms with Crippen molar-refractivity contribution < 1.29 is 14.3 Å². The van der Waals surface area contributed by atoms with Gasteiger partial charge in [-0.25, -0.2) is 13.9 Å². The zero-order chi connectivity index (χ0) is 14.8. The number of aromatic carboxylic acids is 1. The first-order valence-electron chi connectivity index (χ1n) is 7.08. The van der Waals surface area contributed by atoms with E-state index in [0.29, 0.717) is 23.7 Å². The van der Waals surface area contributed by atoms with Crippen LogP contribution in [0, 0.1) is 11.7 Å². The molecule has 1 heterocycles. The Morgan fingerprint density at radius 1 is 1.29 bits per heavy atom. The number of aromatic nitrogens is 3. The van der Waals surface area contributed by atoms with Crippen LogP contribution in [0.25, 0.3) is 11.3 Å². The minimum Gasteiger partial charge on any atom is -0.476 e. The van der Waals surface area contributed by atoms with Crippen molar-refractivity contribution in [2.45, 2.75) is 32.2 Å². The highest BCUT2D eigenvalue weighted by Gasteiger charge is 2.23. The van der Waals surface area contributed by atoms with Gasteiger partial charge in [0.1, 0.15) is 11.5 Å². The number of hydrogen-bond donors (Lipinski definition) is 1. The third-order valence-electron chi connectivity index (χ3n) is 3.96. The quantitative estimate of drug-likeness (QED) is 0.939. The third kappa shape index (κ3) is 2.79. The van der Waals surface area contributed by atoms with E-state index in [1.54, 1.807) is 16.8 Å². The molecule has 0 aliphatic heterocycles. The average molecular weight is 289 g/mol. The van der Waals surface area contributed by atoms with Crippen LogP contribution >= 0.6 is 0 Å². The van der Waals surface area contributed by atoms with E-state index in [1.807, 2.05) is 0 Å². The number of benzene rings is 1. The van der Waals surface area contributed by atoms with Crippen LogP contribution in [0.3, 0.4) is 0 Å². The van der Waals surface area contributed by atoms with Gasteiger partial charge in [0.05, 0.1) is 0 Å². The van der Waals surface area contributed by atoms with E-state index in [4.69, 9.17) is 0 Å². The van der Waals surface area contributed by atoms with Gasteiger partial charge in [-0.1, -0.05) is 18.1 Å². The number of hydrogen-bond acceptors (Lipinski definition) is 3. The van der Waals surface area contributed by atoms with Crippen molar-refractivity contribution in [1.82, 2.24) is 15.0 Å². The Hall–Kier alpha value is -2.24. The maximum Gasteiger partial charge on any atom is 0.358 e. The molecule has 2 aromatic rings. The lowest BCUT2D eigenvalue weighted by molar-refractivity contribution is 0.0691. The zero-order valence-electron chi connectivity index (χ0n) is 11.5. The summed E-state index contributed by atoms with van der Waals surface area (Å²) in [5, 5.41) is 17.0. The molecule has 21 heavy (non-hydrogen) atoms. The second-order valence-corrected chi connectivity index (χ2v) is 5.43. The molecule has 1 fully saturated rings. The van der Waals surface area contributed by atoms with E-state index in [-0.39, 0.29) is 11.5 Å². The van der Waals surface area contributed by atoms with Gasteiger partial charge in [0, 0.05) is 12.1 Å². The molecule has 0 unspecified atom stereocenters. The topological polar surface area (TPSA) is 68.0 Å². The van der Waals surface area contributed by atoms with Gasteiger partial charge in [0.15, 0.2) is 5.69 Å². The normalized spacial score (nSPS) is 15.5. The molecule has 1 aromatic heterocycles. The lowest BCUT2D eigenvalue weighted by atomic mass is 10.1. The highest BCUT2D eigenvalue weighted by Crippen LogP contribution is 2.29. The first-order valence-corrected chi connectivity index (χ1v) is 7.08. The summed E-state index contributed by atoms with van der Waals surface area (Å²) in [6.45, 7) is 0.660. The summed E-state index contributed by atoms with van der Waals surface area (Å²) in [6.07, 6.45) is 4.67. The van der Waals surface area contributed by atoms with Crippen molar-refractivity contribution in [3.63, 3.8) is 0 Å². The Balaban J connectivity index is 2.00. The first kappa shape index (κ1) is 13.7. The Kier molecular flexibility index (Phi) is 3.68. The molecule has 1 saturated carbocycles. The number of nitrogens with zero attached hydrogens (tertiary/aromatic N) is 3. The number of carbonyl (C=O) groups is 1. The molecule has 0 spiro atoms. The minimum atomic E-state index is -1.12. The molecular formula is C15H16FN3O2. The predicted molar refractivity (Wildman–Crippen MR) is 74.3 cm³/mol. The summed E-state index contributed by atoms with van der Waals surface area (Å²) in [7, 11) is 0. The fourth-order valence-corrected chi connectivity index (χ4v) is 2.92. The first-order chi connectivity index (χ1) is 10.1. The summed E-state index contributed by atoms with van der Waals surface area (Å²) in [5.74, 6) is -0.968. The second kappa shape index (κ2) is 5.63. The molecule has 1 aromatic carbocycles. The predicted octanol–water partition coefficient (Wildman–Crippen LogP) is 2.97. The van der Waals surface area contributed by atoms with Crippen molar-refractivity contribution >= 4 is 5.97 Å². The average Bonchev–Trinajstić information content (AvgIpc) is 3.10. The van der Waals surface area contributed by atoms with Crippen molar-refractivity contribution in [2.24, 2.45) is 5.92 Å². The maximum absolute atomic E-state index is 13.1. The molecule has 6 heteroatoms. The largest absolute Gasteiger partial charge is 0.476 e. The smallest absolute Gasteiger partial charge is 0.358 e. The number of carboxylic acid groups (broad SMARTS) is 1. The molecule has 3 rings (SSSR count). The van der Waals surface area contributed by atoms with Crippen LogP contribution in [0.15, 0.2) is 24.3 Å². The van der Waals surface area contributed by atoms with Crippen molar-refractivity contribution in [1.29, 1.82) is 0 Å². The van der Waals surface area contributed by atoms with E-state index in [0.717, 1.165) is 12.8 Å². The van der Waals surface area contributed by atoms with E-state index in [9.17, 15) is 14.3 Å². The van der Waals surface area contributed by atoms with Crippen LogP contribution in [-0.2, 0) is 6.54 Å². The highest BCUT2D eigenvalue weighted by molar-refractivity contribution is 5.92. The molecule has 110 valence electrons. The Bertz CT molecular complexity index is 645. The van der Waals surface area contributed by atoms with Crippen LogP contribution in [-0.4, -0.2) is 26.1 Å². The molecule has 1 N–H and O–H groups in total.